The molecule has 5 nitrogen and oxygen atoms in total. The van der Waals surface area contributed by atoms with Crippen LogP contribution in [0.15, 0.2) is 0 Å². The lowest BCUT2D eigenvalue weighted by Gasteiger charge is -2.28. The molecule has 0 aromatic rings. The smallest absolute Gasteiger partial charge is 0.319 e. The quantitative estimate of drug-likeness (QED) is 0.485. The number of hydrogen-bond donors (Lipinski definition) is 0. The van der Waals surface area contributed by atoms with Crippen LogP contribution in [-0.4, -0.2) is 47.7 Å². The van der Waals surface area contributed by atoms with Crippen molar-refractivity contribution in [1.82, 2.24) is 9.80 Å². The predicted octanol–water partition coefficient (Wildman–Crippen LogP) is -1.26. The molecule has 1 saturated heterocycles. The van der Waals surface area contributed by atoms with Crippen LogP contribution in [0.2, 0.25) is 0 Å². The van der Waals surface area contributed by atoms with Crippen molar-refractivity contribution in [1.29, 1.82) is 0 Å². The summed E-state index contributed by atoms with van der Waals surface area (Å²) in [4.78, 5) is 34.4. The van der Waals surface area contributed by atoms with E-state index in [9.17, 15) is 14.4 Å². The Morgan fingerprint density at radius 1 is 1.33 bits per heavy atom. The van der Waals surface area contributed by atoms with Crippen LogP contribution in [0.5, 0.6) is 0 Å². The minimum Gasteiger partial charge on any atom is -0.333 e. The molecule has 0 spiro atoms. The fourth-order valence-corrected chi connectivity index (χ4v) is 1.06. The van der Waals surface area contributed by atoms with Crippen molar-refractivity contribution in [2.24, 2.45) is 0 Å². The average Bonchev–Trinajstić information content (AvgIpc) is 2.10. The number of carbonyl (C=O) groups is 2. The first-order valence-electron chi connectivity index (χ1n) is 3.69. The Balaban J connectivity index is 2.72. The normalized spacial score (nSPS) is 18.4. The zero-order valence-electron chi connectivity index (χ0n) is 6.74. The van der Waals surface area contributed by atoms with Crippen molar-refractivity contribution in [3.63, 3.8) is 0 Å². The summed E-state index contributed by atoms with van der Waals surface area (Å²) in [5, 5.41) is 0. The van der Waals surface area contributed by atoms with Crippen molar-refractivity contribution in [2.75, 3.05) is 19.6 Å². The molecular weight excluding hydrogens is 160 g/mol. The van der Waals surface area contributed by atoms with Gasteiger partial charge in [0.1, 0.15) is 0 Å². The highest BCUT2D eigenvalue weighted by Gasteiger charge is 2.31. The summed E-state index contributed by atoms with van der Waals surface area (Å²) in [5.74, 6) is -1.40. The Bertz CT molecular complexity index is 227. The van der Waals surface area contributed by atoms with Gasteiger partial charge in [0.05, 0.1) is 0 Å². The van der Waals surface area contributed by atoms with Crippen LogP contribution in [-0.2, 0) is 14.4 Å². The number of imide groups is 1. The van der Waals surface area contributed by atoms with Crippen LogP contribution in [0.25, 0.3) is 0 Å². The molecule has 0 aliphatic carbocycles. The van der Waals surface area contributed by atoms with Crippen LogP contribution >= 0.6 is 0 Å². The van der Waals surface area contributed by atoms with Crippen LogP contribution in [0.1, 0.15) is 6.92 Å². The molecule has 0 aromatic heterocycles. The second-order valence-electron chi connectivity index (χ2n) is 2.43. The van der Waals surface area contributed by atoms with E-state index in [1.807, 2.05) is 0 Å². The summed E-state index contributed by atoms with van der Waals surface area (Å²) < 4.78 is 0. The largest absolute Gasteiger partial charge is 0.333 e. The van der Waals surface area contributed by atoms with Gasteiger partial charge >= 0.3 is 18.2 Å². The fraction of sp³-hybridized carbons (Fsp3) is 0.571. The lowest BCUT2D eigenvalue weighted by molar-refractivity contribution is -0.152. The Morgan fingerprint density at radius 2 is 2.00 bits per heavy atom. The molecule has 0 N–H and O–H groups in total. The van der Waals surface area contributed by atoms with Crippen LogP contribution in [0.4, 0.5) is 0 Å². The van der Waals surface area contributed by atoms with Crippen molar-refractivity contribution in [3.05, 3.63) is 0 Å². The molecule has 0 aromatic carbocycles. The molecule has 12 heavy (non-hydrogen) atoms. The number of amides is 3. The molecule has 1 aliphatic rings. The standard InChI is InChI=1S/C7H9N2O3/c1-2-8-3-4-9(5-10)7(12)6(8)11/h2-4H2,1H3. The third kappa shape index (κ3) is 1.30. The molecule has 3 amide bonds. The maximum Gasteiger partial charge on any atom is 0.319 e. The van der Waals surface area contributed by atoms with E-state index < -0.39 is 11.8 Å². The molecule has 1 rings (SSSR count). The first kappa shape index (κ1) is 8.70. The molecule has 5 heteroatoms. The SMILES string of the molecule is CCN1CCN([C]=O)C(=O)C1=O. The number of rotatable bonds is 2. The first-order valence-corrected chi connectivity index (χ1v) is 3.69. The molecule has 1 radical (unpaired) electrons. The molecule has 1 fully saturated rings. The van der Waals surface area contributed by atoms with E-state index in [0.717, 1.165) is 4.90 Å². The van der Waals surface area contributed by atoms with E-state index in [1.165, 1.54) is 11.3 Å². The second kappa shape index (κ2) is 3.34. The van der Waals surface area contributed by atoms with Crippen molar-refractivity contribution >= 4 is 18.2 Å². The van der Waals surface area contributed by atoms with Gasteiger partial charge in [-0.2, -0.15) is 0 Å². The maximum absolute atomic E-state index is 11.1. The van der Waals surface area contributed by atoms with E-state index in [0.29, 0.717) is 13.1 Å². The Labute approximate surface area is 69.9 Å². The Hall–Kier alpha value is -1.39. The van der Waals surface area contributed by atoms with Gasteiger partial charge in [-0.1, -0.05) is 0 Å². The van der Waals surface area contributed by atoms with E-state index in [4.69, 9.17) is 0 Å². The van der Waals surface area contributed by atoms with E-state index >= 15 is 0 Å². The molecule has 0 bridgehead atoms. The lowest BCUT2D eigenvalue weighted by Crippen LogP contribution is -2.53. The highest BCUT2D eigenvalue weighted by Crippen LogP contribution is 2.01. The van der Waals surface area contributed by atoms with Gasteiger partial charge < -0.3 is 4.90 Å². The number of likely N-dealkylation sites (N-methyl/N-ethyl adjacent to an activating group) is 1. The van der Waals surface area contributed by atoms with Gasteiger partial charge in [0, 0.05) is 19.6 Å². The number of nitrogens with zero attached hydrogens (tertiary/aromatic N) is 2. The van der Waals surface area contributed by atoms with Gasteiger partial charge in [-0.3, -0.25) is 19.3 Å². The van der Waals surface area contributed by atoms with Gasteiger partial charge in [0.15, 0.2) is 0 Å². The summed E-state index contributed by atoms with van der Waals surface area (Å²) in [5.41, 5.74) is 0. The Kier molecular flexibility index (Phi) is 2.42. The minimum absolute atomic E-state index is 0.252. The van der Waals surface area contributed by atoms with Gasteiger partial charge in [0.25, 0.3) is 0 Å². The van der Waals surface area contributed by atoms with Crippen LogP contribution < -0.4 is 0 Å². The topological polar surface area (TPSA) is 57.7 Å². The summed E-state index contributed by atoms with van der Waals surface area (Å²) in [7, 11) is 0. The number of piperazine rings is 1. The summed E-state index contributed by atoms with van der Waals surface area (Å²) in [6, 6.07) is 0. The highest BCUT2D eigenvalue weighted by molar-refractivity contribution is 6.37. The third-order valence-corrected chi connectivity index (χ3v) is 1.80. The zero-order chi connectivity index (χ0) is 9.14. The summed E-state index contributed by atoms with van der Waals surface area (Å²) >= 11 is 0. The second-order valence-corrected chi connectivity index (χ2v) is 2.43. The molecule has 0 saturated carbocycles. The fourth-order valence-electron chi connectivity index (χ4n) is 1.06. The summed E-state index contributed by atoms with van der Waals surface area (Å²) in [6.07, 6.45) is 1.42. The number of carbonyl (C=O) groups excluding carboxylic acids is 3. The molecule has 1 aliphatic heterocycles. The molecule has 0 atom stereocenters. The van der Waals surface area contributed by atoms with E-state index in [1.54, 1.807) is 6.92 Å². The summed E-state index contributed by atoms with van der Waals surface area (Å²) in [6.45, 7) is 2.95. The molecule has 1 heterocycles. The average molecular weight is 169 g/mol. The van der Waals surface area contributed by atoms with E-state index in [-0.39, 0.29) is 6.54 Å². The van der Waals surface area contributed by atoms with Gasteiger partial charge in [-0.15, -0.1) is 0 Å². The molecular formula is C7H9N2O3. The van der Waals surface area contributed by atoms with Crippen molar-refractivity contribution < 1.29 is 14.4 Å². The van der Waals surface area contributed by atoms with Gasteiger partial charge in [-0.25, -0.2) is 0 Å². The number of hydrogen-bond acceptors (Lipinski definition) is 3. The van der Waals surface area contributed by atoms with Crippen molar-refractivity contribution in [3.8, 4) is 0 Å². The molecule has 65 valence electrons. The van der Waals surface area contributed by atoms with Crippen molar-refractivity contribution in [2.45, 2.75) is 6.92 Å². The lowest BCUT2D eigenvalue weighted by atomic mass is 10.3. The third-order valence-electron chi connectivity index (χ3n) is 1.80. The van der Waals surface area contributed by atoms with E-state index in [2.05, 4.69) is 0 Å². The predicted molar refractivity (Wildman–Crippen MR) is 39.7 cm³/mol. The monoisotopic (exact) mass is 169 g/mol. The Morgan fingerprint density at radius 3 is 2.50 bits per heavy atom. The van der Waals surface area contributed by atoms with Crippen LogP contribution in [0.3, 0.4) is 0 Å². The first-order chi connectivity index (χ1) is 5.70. The van der Waals surface area contributed by atoms with Gasteiger partial charge in [-0.05, 0) is 6.92 Å². The zero-order valence-corrected chi connectivity index (χ0v) is 6.74. The minimum atomic E-state index is -0.780. The van der Waals surface area contributed by atoms with Crippen LogP contribution in [0, 0.1) is 0 Å². The highest BCUT2D eigenvalue weighted by atomic mass is 16.2. The molecule has 0 unspecified atom stereocenters. The maximum atomic E-state index is 11.1. The van der Waals surface area contributed by atoms with Gasteiger partial charge in [0.2, 0.25) is 0 Å².